The minimum absolute atomic E-state index is 0.0336. The third-order valence-corrected chi connectivity index (χ3v) is 4.69. The van der Waals surface area contributed by atoms with Crippen molar-refractivity contribution in [3.63, 3.8) is 0 Å². The van der Waals surface area contributed by atoms with Crippen LogP contribution < -0.4 is 0 Å². The zero-order valence-corrected chi connectivity index (χ0v) is 12.5. The lowest BCUT2D eigenvalue weighted by molar-refractivity contribution is -0.143. The molecule has 0 bridgehead atoms. The van der Waals surface area contributed by atoms with Gasteiger partial charge in [-0.15, -0.1) is 0 Å². The fourth-order valence-electron chi connectivity index (χ4n) is 3.64. The molecule has 116 valence electrons. The van der Waals surface area contributed by atoms with Crippen LogP contribution in [-0.2, 0) is 19.1 Å². The lowest BCUT2D eigenvalue weighted by Gasteiger charge is -2.30. The van der Waals surface area contributed by atoms with Crippen molar-refractivity contribution in [2.45, 2.75) is 38.5 Å². The number of nitrogens with zero attached hydrogens (tertiary/aromatic N) is 3. The molecule has 3 heterocycles. The molecule has 3 aliphatic heterocycles. The second-order valence-corrected chi connectivity index (χ2v) is 6.15. The van der Waals surface area contributed by atoms with Gasteiger partial charge in [0.15, 0.2) is 11.9 Å². The third-order valence-electron chi connectivity index (χ3n) is 4.69. The smallest absolute Gasteiger partial charge is 0.303 e. The molecule has 2 saturated heterocycles. The van der Waals surface area contributed by atoms with E-state index in [1.165, 1.54) is 6.92 Å². The third kappa shape index (κ3) is 1.74. The molecule has 1 aliphatic carbocycles. The fourth-order valence-corrected chi connectivity index (χ4v) is 3.64. The van der Waals surface area contributed by atoms with Crippen molar-refractivity contribution in [2.24, 2.45) is 4.99 Å². The molecule has 0 spiro atoms. The summed E-state index contributed by atoms with van der Waals surface area (Å²) >= 11 is 0. The number of rotatable bonds is 2. The number of aliphatic imine (C=N–C) groups is 1. The number of hydrogen-bond donors (Lipinski definition) is 0. The summed E-state index contributed by atoms with van der Waals surface area (Å²) in [6.45, 7) is 5.30. The standard InChI is InChI=1S/C15H17N3O4/c1-7-11(17-5-6-17)14(21)10-12(13(7)20)18-4-3-9(15(18)16-10)22-8(2)19/h9-10,12H,3-6H2,1-2H3. The van der Waals surface area contributed by atoms with E-state index in [1.54, 1.807) is 6.92 Å². The Balaban J connectivity index is 1.69. The number of carbonyl (C=O) groups excluding carboxylic acids is 3. The van der Waals surface area contributed by atoms with E-state index in [4.69, 9.17) is 4.74 Å². The van der Waals surface area contributed by atoms with Crippen LogP contribution in [-0.4, -0.2) is 71.0 Å². The summed E-state index contributed by atoms with van der Waals surface area (Å²) in [7, 11) is 0. The van der Waals surface area contributed by atoms with Crippen LogP contribution in [0.5, 0.6) is 0 Å². The van der Waals surface area contributed by atoms with Crippen LogP contribution in [0.1, 0.15) is 20.3 Å². The summed E-state index contributed by atoms with van der Waals surface area (Å²) in [5.74, 6) is 0.0877. The highest BCUT2D eigenvalue weighted by atomic mass is 16.5. The molecule has 0 radical (unpaired) electrons. The minimum Gasteiger partial charge on any atom is -0.454 e. The van der Waals surface area contributed by atoms with Gasteiger partial charge in [0.25, 0.3) is 0 Å². The molecule has 0 saturated carbocycles. The normalized spacial score (nSPS) is 33.0. The van der Waals surface area contributed by atoms with E-state index in [2.05, 4.69) is 4.99 Å². The van der Waals surface area contributed by atoms with Crippen LogP contribution in [0.2, 0.25) is 0 Å². The monoisotopic (exact) mass is 303 g/mol. The number of ether oxygens (including phenoxy) is 1. The van der Waals surface area contributed by atoms with Crippen LogP contribution in [0.4, 0.5) is 0 Å². The van der Waals surface area contributed by atoms with Crippen LogP contribution in [0.15, 0.2) is 16.3 Å². The second kappa shape index (κ2) is 4.41. The van der Waals surface area contributed by atoms with Gasteiger partial charge in [0, 0.05) is 38.6 Å². The largest absolute Gasteiger partial charge is 0.454 e. The average molecular weight is 303 g/mol. The van der Waals surface area contributed by atoms with Gasteiger partial charge in [-0.2, -0.15) is 0 Å². The van der Waals surface area contributed by atoms with E-state index in [-0.39, 0.29) is 17.5 Å². The maximum Gasteiger partial charge on any atom is 0.303 e. The van der Waals surface area contributed by atoms with Gasteiger partial charge in [-0.1, -0.05) is 0 Å². The molecule has 7 heteroatoms. The predicted octanol–water partition coefficient (Wildman–Crippen LogP) is -0.485. The highest BCUT2D eigenvalue weighted by molar-refractivity contribution is 6.19. The van der Waals surface area contributed by atoms with Crippen molar-refractivity contribution in [3.8, 4) is 0 Å². The first kappa shape index (κ1) is 13.5. The Morgan fingerprint density at radius 2 is 1.95 bits per heavy atom. The number of carbonyl (C=O) groups is 3. The van der Waals surface area contributed by atoms with Gasteiger partial charge >= 0.3 is 5.97 Å². The zero-order valence-electron chi connectivity index (χ0n) is 12.5. The zero-order chi connectivity index (χ0) is 15.6. The van der Waals surface area contributed by atoms with E-state index in [1.807, 2.05) is 9.80 Å². The van der Waals surface area contributed by atoms with E-state index < -0.39 is 18.2 Å². The Morgan fingerprint density at radius 3 is 2.59 bits per heavy atom. The Kier molecular flexibility index (Phi) is 2.70. The second-order valence-electron chi connectivity index (χ2n) is 6.15. The molecule has 0 aromatic heterocycles. The molecule has 7 nitrogen and oxygen atoms in total. The minimum atomic E-state index is -0.680. The number of esters is 1. The van der Waals surface area contributed by atoms with Crippen molar-refractivity contribution in [3.05, 3.63) is 11.3 Å². The Bertz CT molecular complexity index is 662. The number of amidine groups is 1. The van der Waals surface area contributed by atoms with Crippen LogP contribution in [0.25, 0.3) is 0 Å². The summed E-state index contributed by atoms with van der Waals surface area (Å²) in [5, 5.41) is 0. The summed E-state index contributed by atoms with van der Waals surface area (Å²) in [4.78, 5) is 44.8. The molecule has 2 fully saturated rings. The first-order valence-corrected chi connectivity index (χ1v) is 7.55. The van der Waals surface area contributed by atoms with Crippen molar-refractivity contribution < 1.29 is 19.1 Å². The topological polar surface area (TPSA) is 79.0 Å². The van der Waals surface area contributed by atoms with Crippen LogP contribution in [0.3, 0.4) is 0 Å². The molecule has 0 aromatic rings. The lowest BCUT2D eigenvalue weighted by atomic mass is 9.86. The molecule has 3 unspecified atom stereocenters. The molecule has 4 aliphatic rings. The summed E-state index contributed by atoms with van der Waals surface area (Å²) in [6.07, 6.45) is 0.180. The van der Waals surface area contributed by atoms with E-state index >= 15 is 0 Å². The Labute approximate surface area is 127 Å². The maximum atomic E-state index is 12.7. The van der Waals surface area contributed by atoms with Gasteiger partial charge in [-0.3, -0.25) is 19.4 Å². The van der Waals surface area contributed by atoms with E-state index in [0.29, 0.717) is 30.1 Å². The summed E-state index contributed by atoms with van der Waals surface area (Å²) in [5.41, 5.74) is 1.07. The van der Waals surface area contributed by atoms with Crippen molar-refractivity contribution in [2.75, 3.05) is 19.6 Å². The number of ketones is 2. The highest BCUT2D eigenvalue weighted by Gasteiger charge is 2.54. The fraction of sp³-hybridized carbons (Fsp3) is 0.600. The number of fused-ring (bicyclic) bond motifs is 3. The quantitative estimate of drug-likeness (QED) is 0.506. The predicted molar refractivity (Wildman–Crippen MR) is 76.2 cm³/mol. The van der Waals surface area contributed by atoms with E-state index in [0.717, 1.165) is 13.1 Å². The van der Waals surface area contributed by atoms with Gasteiger partial charge in [-0.05, 0) is 6.92 Å². The molecular formula is C15H17N3O4. The van der Waals surface area contributed by atoms with Crippen LogP contribution in [0, 0.1) is 0 Å². The SMILES string of the molecule is CC(=O)OC1CCN2C1=NC1C(=O)C(N3CC3)=C(C)C(=O)C12. The molecule has 22 heavy (non-hydrogen) atoms. The van der Waals surface area contributed by atoms with Gasteiger partial charge in [-0.25, -0.2) is 0 Å². The van der Waals surface area contributed by atoms with Gasteiger partial charge < -0.3 is 14.5 Å². The van der Waals surface area contributed by atoms with Crippen molar-refractivity contribution >= 4 is 23.4 Å². The van der Waals surface area contributed by atoms with Crippen LogP contribution >= 0.6 is 0 Å². The van der Waals surface area contributed by atoms with Crippen molar-refractivity contribution in [1.82, 2.24) is 9.80 Å². The maximum absolute atomic E-state index is 12.7. The van der Waals surface area contributed by atoms with Crippen molar-refractivity contribution in [1.29, 1.82) is 0 Å². The molecular weight excluding hydrogens is 286 g/mol. The molecule has 3 atom stereocenters. The van der Waals surface area contributed by atoms with Gasteiger partial charge in [0.1, 0.15) is 17.9 Å². The average Bonchev–Trinajstić information content (AvgIpc) is 3.09. The molecule has 0 aromatic carbocycles. The van der Waals surface area contributed by atoms with Gasteiger partial charge in [0.2, 0.25) is 5.78 Å². The molecule has 0 amide bonds. The first-order valence-electron chi connectivity index (χ1n) is 7.55. The molecule has 4 rings (SSSR count). The van der Waals surface area contributed by atoms with Gasteiger partial charge in [0.05, 0.1) is 5.70 Å². The first-order chi connectivity index (χ1) is 10.5. The lowest BCUT2D eigenvalue weighted by Crippen LogP contribution is -2.51. The summed E-state index contributed by atoms with van der Waals surface area (Å²) < 4.78 is 5.26. The highest BCUT2D eigenvalue weighted by Crippen LogP contribution is 2.36. The molecule has 0 N–H and O–H groups in total. The number of Topliss-reactive ketones (excluding diaryl/α,β-unsaturated/α-hetero) is 2. The summed E-state index contributed by atoms with van der Waals surface area (Å²) in [6, 6.07) is -1.23. The number of hydrogen-bond acceptors (Lipinski definition) is 7. The Morgan fingerprint density at radius 1 is 1.23 bits per heavy atom. The van der Waals surface area contributed by atoms with E-state index in [9.17, 15) is 14.4 Å². The Hall–Kier alpha value is -2.18.